The number of nitrogens with zero attached hydrogens (tertiary/aromatic N) is 5. The van der Waals surface area contributed by atoms with Crippen molar-refractivity contribution in [1.29, 1.82) is 0 Å². The quantitative estimate of drug-likeness (QED) is 0.271. The number of esters is 1. The summed E-state index contributed by atoms with van der Waals surface area (Å²) >= 11 is 0. The van der Waals surface area contributed by atoms with Gasteiger partial charge in [0.15, 0.2) is 5.65 Å². The third kappa shape index (κ3) is 5.01. The van der Waals surface area contributed by atoms with Gasteiger partial charge in [-0.15, -0.1) is 0 Å². The lowest BCUT2D eigenvalue weighted by molar-refractivity contribution is 0.0597. The van der Waals surface area contributed by atoms with Gasteiger partial charge in [-0.3, -0.25) is 0 Å². The number of hydrogen-bond acceptors (Lipinski definition) is 8. The second-order valence-corrected chi connectivity index (χ2v) is 10.1. The number of ether oxygens (including phenoxy) is 2. The van der Waals surface area contributed by atoms with Gasteiger partial charge in [0.1, 0.15) is 28.6 Å². The molecule has 0 saturated heterocycles. The van der Waals surface area contributed by atoms with E-state index in [1.165, 1.54) is 14.2 Å². The van der Waals surface area contributed by atoms with Crippen LogP contribution >= 0.6 is 0 Å². The van der Waals surface area contributed by atoms with E-state index in [4.69, 9.17) is 19.6 Å². The fraction of sp³-hybridized carbons (Fsp3) is 0.267. The Morgan fingerprint density at radius 1 is 1.10 bits per heavy atom. The Labute approximate surface area is 232 Å². The van der Waals surface area contributed by atoms with Crippen molar-refractivity contribution < 1.29 is 19.4 Å². The monoisotopic (exact) mass is 540 g/mol. The van der Waals surface area contributed by atoms with E-state index in [1.54, 1.807) is 42.8 Å². The molecule has 3 aromatic heterocycles. The van der Waals surface area contributed by atoms with Crippen LogP contribution in [0.4, 0.5) is 5.82 Å². The van der Waals surface area contributed by atoms with Crippen molar-refractivity contribution in [3.8, 4) is 28.3 Å². The van der Waals surface area contributed by atoms with Crippen molar-refractivity contribution in [2.75, 3.05) is 19.5 Å². The first kappa shape index (κ1) is 26.9. The highest BCUT2D eigenvalue weighted by atomic mass is 16.5. The Hall–Kier alpha value is -4.70. The van der Waals surface area contributed by atoms with Crippen LogP contribution in [-0.2, 0) is 23.9 Å². The summed E-state index contributed by atoms with van der Waals surface area (Å²) in [4.78, 5) is 21.7. The van der Waals surface area contributed by atoms with Crippen LogP contribution in [0, 0.1) is 6.92 Å². The molecular weight excluding hydrogens is 508 g/mol. The summed E-state index contributed by atoms with van der Waals surface area (Å²) in [5, 5.41) is 19.2. The number of nitrogens with one attached hydrogen (secondary N) is 1. The molecule has 0 atom stereocenters. The summed E-state index contributed by atoms with van der Waals surface area (Å²) in [6, 6.07) is 15.3. The Morgan fingerprint density at radius 3 is 2.58 bits per heavy atom. The maximum Gasteiger partial charge on any atom is 0.341 e. The molecular formula is C30H32N6O4. The minimum atomic E-state index is -1.21. The number of carbonyl (C=O) groups is 1. The highest BCUT2D eigenvalue weighted by Crippen LogP contribution is 2.34. The summed E-state index contributed by atoms with van der Waals surface area (Å²) in [5.74, 6) is 1.45. The molecule has 0 aliphatic carbocycles. The first-order valence-electron chi connectivity index (χ1n) is 12.8. The summed E-state index contributed by atoms with van der Waals surface area (Å²) in [5.41, 5.74) is 4.35. The van der Waals surface area contributed by atoms with E-state index < -0.39 is 11.6 Å². The number of hydrogen-bond donors (Lipinski definition) is 2. The number of carbonyl (C=O) groups excluding carboxylic acids is 1. The molecule has 3 heterocycles. The van der Waals surface area contributed by atoms with Crippen molar-refractivity contribution in [2.24, 2.45) is 7.05 Å². The van der Waals surface area contributed by atoms with Crippen LogP contribution in [0.1, 0.15) is 41.2 Å². The lowest BCUT2D eigenvalue weighted by Crippen LogP contribution is -2.19. The van der Waals surface area contributed by atoms with E-state index in [0.717, 1.165) is 28.1 Å². The van der Waals surface area contributed by atoms with Crippen LogP contribution in [-0.4, -0.2) is 49.4 Å². The van der Waals surface area contributed by atoms with Gasteiger partial charge in [0.25, 0.3) is 0 Å². The molecule has 5 rings (SSSR count). The van der Waals surface area contributed by atoms with Gasteiger partial charge in [-0.05, 0) is 50.1 Å². The highest BCUT2D eigenvalue weighted by Gasteiger charge is 2.24. The molecule has 2 aromatic carbocycles. The van der Waals surface area contributed by atoms with Crippen LogP contribution in [0.15, 0.2) is 60.9 Å². The van der Waals surface area contributed by atoms with Crippen LogP contribution in [0.3, 0.4) is 0 Å². The molecule has 0 unspecified atom stereocenters. The van der Waals surface area contributed by atoms with Gasteiger partial charge in [0.05, 0.1) is 25.6 Å². The van der Waals surface area contributed by atoms with E-state index >= 15 is 0 Å². The number of aromatic nitrogens is 5. The minimum absolute atomic E-state index is 0.297. The van der Waals surface area contributed by atoms with E-state index in [1.807, 2.05) is 49.0 Å². The zero-order valence-corrected chi connectivity index (χ0v) is 23.4. The predicted octanol–water partition coefficient (Wildman–Crippen LogP) is 4.74. The van der Waals surface area contributed by atoms with E-state index in [-0.39, 0.29) is 0 Å². The Kier molecular flexibility index (Phi) is 7.03. The fourth-order valence-corrected chi connectivity index (χ4v) is 4.69. The topological polar surface area (TPSA) is 116 Å². The number of rotatable bonds is 8. The van der Waals surface area contributed by atoms with Gasteiger partial charge in [-0.2, -0.15) is 9.61 Å². The molecule has 0 aliphatic heterocycles. The standard InChI is InChI=1S/C30H32N6O4/c1-18-26(20-10-11-23(39-5)22(15-20)29(37)40-6)28-33-24(30(2,3)38)16-25(36(28)34-18)32-17-19-8-7-9-21(14-19)27-31-12-13-35(27)4/h7-16,32,38H,17H2,1-6H3. The van der Waals surface area contributed by atoms with Gasteiger partial charge in [-0.1, -0.05) is 24.3 Å². The maximum atomic E-state index is 12.5. The average Bonchev–Trinajstić information content (AvgIpc) is 3.52. The second kappa shape index (κ2) is 10.5. The smallest absolute Gasteiger partial charge is 0.341 e. The summed E-state index contributed by atoms with van der Waals surface area (Å²) < 4.78 is 14.0. The van der Waals surface area contributed by atoms with Gasteiger partial charge >= 0.3 is 5.97 Å². The van der Waals surface area contributed by atoms with Crippen molar-refractivity contribution >= 4 is 17.4 Å². The van der Waals surface area contributed by atoms with E-state index in [9.17, 15) is 9.90 Å². The number of aliphatic hydroxyl groups is 1. The summed E-state index contributed by atoms with van der Waals surface area (Å²) in [6.45, 7) is 5.77. The molecule has 10 heteroatoms. The zero-order valence-electron chi connectivity index (χ0n) is 23.4. The molecule has 0 radical (unpaired) electrons. The first-order chi connectivity index (χ1) is 19.1. The second-order valence-electron chi connectivity index (χ2n) is 10.1. The maximum absolute atomic E-state index is 12.5. The largest absolute Gasteiger partial charge is 0.496 e. The molecule has 0 aliphatic rings. The lowest BCUT2D eigenvalue weighted by Gasteiger charge is -2.19. The van der Waals surface area contributed by atoms with Crippen molar-refractivity contribution in [3.05, 3.63) is 83.4 Å². The summed E-state index contributed by atoms with van der Waals surface area (Å²) in [6.07, 6.45) is 3.70. The van der Waals surface area contributed by atoms with Crippen molar-refractivity contribution in [3.63, 3.8) is 0 Å². The first-order valence-corrected chi connectivity index (χ1v) is 12.8. The number of methoxy groups -OCH3 is 2. The van der Waals surface area contributed by atoms with Crippen LogP contribution < -0.4 is 10.1 Å². The minimum Gasteiger partial charge on any atom is -0.496 e. The van der Waals surface area contributed by atoms with Gasteiger partial charge in [0, 0.05) is 43.2 Å². The molecule has 40 heavy (non-hydrogen) atoms. The average molecular weight is 541 g/mol. The van der Waals surface area contributed by atoms with Gasteiger partial charge < -0.3 is 24.5 Å². The van der Waals surface area contributed by atoms with Crippen molar-refractivity contribution in [2.45, 2.75) is 32.9 Å². The van der Waals surface area contributed by atoms with Crippen LogP contribution in [0.5, 0.6) is 5.75 Å². The highest BCUT2D eigenvalue weighted by molar-refractivity contribution is 5.95. The van der Waals surface area contributed by atoms with Gasteiger partial charge in [-0.25, -0.2) is 14.8 Å². The van der Waals surface area contributed by atoms with Crippen LogP contribution in [0.2, 0.25) is 0 Å². The Bertz CT molecular complexity index is 1710. The molecule has 0 bridgehead atoms. The molecule has 5 aromatic rings. The number of imidazole rings is 1. The third-order valence-electron chi connectivity index (χ3n) is 6.76. The molecule has 10 nitrogen and oxygen atoms in total. The molecule has 206 valence electrons. The van der Waals surface area contributed by atoms with E-state index in [0.29, 0.717) is 40.7 Å². The number of aryl methyl sites for hydroxylation is 2. The molecule has 0 spiro atoms. The Morgan fingerprint density at radius 2 is 1.90 bits per heavy atom. The predicted molar refractivity (Wildman–Crippen MR) is 152 cm³/mol. The number of benzene rings is 2. The molecule has 0 amide bonds. The Balaban J connectivity index is 1.59. The van der Waals surface area contributed by atoms with Gasteiger partial charge in [0.2, 0.25) is 0 Å². The molecule has 0 fully saturated rings. The van der Waals surface area contributed by atoms with E-state index in [2.05, 4.69) is 16.4 Å². The van der Waals surface area contributed by atoms with Crippen molar-refractivity contribution in [1.82, 2.24) is 24.1 Å². The SMILES string of the molecule is COC(=O)c1cc(-c2c(C)nn3c(NCc4cccc(-c5nccn5C)c4)cc(C(C)(C)O)nc23)ccc1OC. The number of fused-ring (bicyclic) bond motifs is 1. The number of anilines is 1. The summed E-state index contributed by atoms with van der Waals surface area (Å²) in [7, 11) is 4.80. The molecule has 2 N–H and O–H groups in total. The molecule has 0 saturated carbocycles. The third-order valence-corrected chi connectivity index (χ3v) is 6.76. The fourth-order valence-electron chi connectivity index (χ4n) is 4.69. The lowest BCUT2D eigenvalue weighted by atomic mass is 10.0. The van der Waals surface area contributed by atoms with Crippen LogP contribution in [0.25, 0.3) is 28.2 Å². The normalized spacial score (nSPS) is 11.6. The zero-order chi connectivity index (χ0) is 28.6.